The number of methoxy groups -OCH3 is 2. The van der Waals surface area contributed by atoms with Crippen LogP contribution in [0.25, 0.3) is 0 Å². The zero-order valence-corrected chi connectivity index (χ0v) is 22.7. The molecule has 204 valence electrons. The third kappa shape index (κ3) is 5.79. The Bertz CT molecular complexity index is 1600. The Hall–Kier alpha value is -4.77. The number of benzene rings is 2. The number of hydrogen-bond acceptors (Lipinski definition) is 9. The van der Waals surface area contributed by atoms with E-state index in [9.17, 15) is 14.4 Å². The second-order valence-corrected chi connectivity index (χ2v) is 9.82. The van der Waals surface area contributed by atoms with Crippen LogP contribution in [0.5, 0.6) is 11.5 Å². The first-order valence-corrected chi connectivity index (χ1v) is 13.3. The number of amides is 1. The van der Waals surface area contributed by atoms with Crippen LogP contribution < -0.4 is 15.0 Å². The molecule has 0 fully saturated rings. The minimum atomic E-state index is -0.820. The molecule has 0 bridgehead atoms. The number of ether oxygens (including phenoxy) is 3. The first kappa shape index (κ1) is 26.8. The fourth-order valence-corrected chi connectivity index (χ4v) is 5.07. The fourth-order valence-electron chi connectivity index (χ4n) is 4.35. The number of carbonyl (C=O) groups excluding carboxylic acids is 2. The lowest BCUT2D eigenvalue weighted by molar-refractivity contribution is -0.136. The predicted molar refractivity (Wildman–Crippen MR) is 149 cm³/mol. The minimum Gasteiger partial charge on any atom is -0.493 e. The van der Waals surface area contributed by atoms with Gasteiger partial charge in [-0.25, -0.2) is 14.5 Å². The van der Waals surface area contributed by atoms with Gasteiger partial charge in [0.15, 0.2) is 23.8 Å². The van der Waals surface area contributed by atoms with Gasteiger partial charge in [-0.2, -0.15) is 10.2 Å². The number of carbonyl (C=O) groups is 2. The lowest BCUT2D eigenvalue weighted by atomic mass is 10.0. The summed E-state index contributed by atoms with van der Waals surface area (Å²) in [5, 5.41) is 12.0. The highest BCUT2D eigenvalue weighted by atomic mass is 32.1. The molecular formula is C29H26N4O6S. The van der Waals surface area contributed by atoms with Gasteiger partial charge in [-0.1, -0.05) is 42.5 Å². The number of rotatable bonds is 9. The van der Waals surface area contributed by atoms with Gasteiger partial charge in [0.05, 0.1) is 37.4 Å². The van der Waals surface area contributed by atoms with E-state index < -0.39 is 24.5 Å². The number of hydrazone groups is 1. The van der Waals surface area contributed by atoms with E-state index in [1.807, 2.05) is 60.0 Å². The van der Waals surface area contributed by atoms with Crippen LogP contribution in [0.4, 0.5) is 0 Å². The molecule has 5 rings (SSSR count). The normalized spacial score (nSPS) is 14.5. The van der Waals surface area contributed by atoms with Crippen molar-refractivity contribution in [3.63, 3.8) is 0 Å². The molecule has 4 aromatic rings. The Morgan fingerprint density at radius 2 is 1.77 bits per heavy atom. The second kappa shape index (κ2) is 12.0. The Kier molecular flexibility index (Phi) is 8.02. The van der Waals surface area contributed by atoms with Crippen molar-refractivity contribution >= 4 is 28.9 Å². The summed E-state index contributed by atoms with van der Waals surface area (Å²) >= 11 is 1.53. The number of aromatic nitrogens is 2. The van der Waals surface area contributed by atoms with Crippen molar-refractivity contribution in [2.75, 3.05) is 20.8 Å². The van der Waals surface area contributed by atoms with Crippen LogP contribution in [0.1, 0.15) is 39.0 Å². The Balaban J connectivity index is 1.33. The smallest absolute Gasteiger partial charge is 0.359 e. The summed E-state index contributed by atoms with van der Waals surface area (Å²) in [6, 6.07) is 20.7. The highest BCUT2D eigenvalue weighted by Crippen LogP contribution is 2.37. The van der Waals surface area contributed by atoms with E-state index in [2.05, 4.69) is 10.2 Å². The maximum atomic E-state index is 13.3. The van der Waals surface area contributed by atoms with Gasteiger partial charge in [-0.05, 0) is 40.8 Å². The van der Waals surface area contributed by atoms with Crippen LogP contribution in [0.15, 0.2) is 88.1 Å². The first-order chi connectivity index (χ1) is 19.5. The molecule has 0 N–H and O–H groups in total. The molecule has 2 aromatic carbocycles. The van der Waals surface area contributed by atoms with Crippen LogP contribution >= 0.6 is 11.3 Å². The third-order valence-corrected chi connectivity index (χ3v) is 7.26. The van der Waals surface area contributed by atoms with E-state index >= 15 is 0 Å². The van der Waals surface area contributed by atoms with E-state index in [1.54, 1.807) is 20.3 Å². The summed E-state index contributed by atoms with van der Waals surface area (Å²) < 4.78 is 17.3. The number of hydrogen-bond donors (Lipinski definition) is 0. The third-order valence-electron chi connectivity index (χ3n) is 6.34. The monoisotopic (exact) mass is 558 g/mol. The summed E-state index contributed by atoms with van der Waals surface area (Å²) in [7, 11) is 3.10. The van der Waals surface area contributed by atoms with Crippen molar-refractivity contribution in [1.29, 1.82) is 0 Å². The zero-order chi connectivity index (χ0) is 28.1. The molecule has 1 aliphatic rings. The number of thiophene rings is 1. The Morgan fingerprint density at radius 1 is 0.975 bits per heavy atom. The Labute approximate surface area is 234 Å². The highest BCUT2D eigenvalue weighted by molar-refractivity contribution is 7.12. The molecule has 0 unspecified atom stereocenters. The lowest BCUT2D eigenvalue weighted by Gasteiger charge is -2.22. The van der Waals surface area contributed by atoms with Crippen LogP contribution in [0, 0.1) is 0 Å². The standard InChI is InChI=1S/C29H26N4O6S/c1-37-24-12-10-20(15-25(24)38-2)23-16-22(26-9-6-14-40-26)31-33(23)28(35)18-39-29(36)21-11-13-27(34)32(30-21)17-19-7-4-3-5-8-19/h3-15,23H,16-18H2,1-2H3/t23-/m1/s1. The van der Waals surface area contributed by atoms with E-state index in [4.69, 9.17) is 14.2 Å². The van der Waals surface area contributed by atoms with Gasteiger partial charge < -0.3 is 14.2 Å². The van der Waals surface area contributed by atoms with Crippen molar-refractivity contribution in [3.05, 3.63) is 110 Å². The molecule has 1 amide bonds. The van der Waals surface area contributed by atoms with Crippen LogP contribution in [0.2, 0.25) is 0 Å². The van der Waals surface area contributed by atoms with Crippen molar-refractivity contribution in [2.45, 2.75) is 19.0 Å². The van der Waals surface area contributed by atoms with Crippen molar-refractivity contribution in [3.8, 4) is 11.5 Å². The van der Waals surface area contributed by atoms with Gasteiger partial charge in [-0.3, -0.25) is 9.59 Å². The second-order valence-electron chi connectivity index (χ2n) is 8.87. The van der Waals surface area contributed by atoms with Crippen molar-refractivity contribution in [2.24, 2.45) is 5.10 Å². The van der Waals surface area contributed by atoms with E-state index in [0.717, 1.165) is 21.7 Å². The average Bonchev–Trinajstić information content (AvgIpc) is 3.68. The fraction of sp³-hybridized carbons (Fsp3) is 0.207. The van der Waals surface area contributed by atoms with E-state index in [0.29, 0.717) is 17.9 Å². The minimum absolute atomic E-state index is 0.0797. The van der Waals surface area contributed by atoms with Gasteiger partial charge in [-0.15, -0.1) is 11.3 Å². The molecule has 1 aliphatic heterocycles. The van der Waals surface area contributed by atoms with Gasteiger partial charge >= 0.3 is 5.97 Å². The molecule has 0 radical (unpaired) electrons. The summed E-state index contributed by atoms with van der Waals surface area (Å²) in [6.07, 6.45) is 0.474. The molecular weight excluding hydrogens is 532 g/mol. The quantitative estimate of drug-likeness (QED) is 0.286. The molecule has 0 saturated heterocycles. The SMILES string of the molecule is COc1ccc([C@H]2CC(c3cccs3)=NN2C(=O)COC(=O)c2ccc(=O)n(Cc3ccccc3)n2)cc1OC. The summed E-state index contributed by atoms with van der Waals surface area (Å²) in [4.78, 5) is 39.4. The number of esters is 1. The molecule has 0 saturated carbocycles. The Morgan fingerprint density at radius 3 is 2.50 bits per heavy atom. The topological polar surface area (TPSA) is 112 Å². The molecule has 3 heterocycles. The van der Waals surface area contributed by atoms with Gasteiger partial charge in [0.25, 0.3) is 11.5 Å². The number of nitrogens with zero attached hydrogens (tertiary/aromatic N) is 4. The maximum absolute atomic E-state index is 13.3. The lowest BCUT2D eigenvalue weighted by Crippen LogP contribution is -2.32. The average molecular weight is 559 g/mol. The van der Waals surface area contributed by atoms with Gasteiger partial charge in [0, 0.05) is 12.5 Å². The largest absolute Gasteiger partial charge is 0.493 e. The highest BCUT2D eigenvalue weighted by Gasteiger charge is 2.34. The molecule has 2 aromatic heterocycles. The first-order valence-electron chi connectivity index (χ1n) is 12.4. The molecule has 10 nitrogen and oxygen atoms in total. The summed E-state index contributed by atoms with van der Waals surface area (Å²) in [6.45, 7) is -0.357. The molecule has 40 heavy (non-hydrogen) atoms. The summed E-state index contributed by atoms with van der Waals surface area (Å²) in [5.41, 5.74) is 1.96. The maximum Gasteiger partial charge on any atom is 0.359 e. The van der Waals surface area contributed by atoms with Crippen molar-refractivity contribution in [1.82, 2.24) is 14.8 Å². The molecule has 1 atom stereocenters. The van der Waals surface area contributed by atoms with Crippen LogP contribution in [0.3, 0.4) is 0 Å². The van der Waals surface area contributed by atoms with Gasteiger partial charge in [0.1, 0.15) is 0 Å². The molecule has 11 heteroatoms. The van der Waals surface area contributed by atoms with E-state index in [1.165, 1.54) is 33.2 Å². The molecule has 0 aliphatic carbocycles. The van der Waals surface area contributed by atoms with E-state index in [-0.39, 0.29) is 17.8 Å². The summed E-state index contributed by atoms with van der Waals surface area (Å²) in [5.74, 6) is -0.228. The van der Waals surface area contributed by atoms with Gasteiger partial charge in [0.2, 0.25) is 0 Å². The zero-order valence-electron chi connectivity index (χ0n) is 21.9. The predicted octanol–water partition coefficient (Wildman–Crippen LogP) is 3.91. The molecule has 0 spiro atoms. The van der Waals surface area contributed by atoms with Crippen LogP contribution in [-0.2, 0) is 16.1 Å². The van der Waals surface area contributed by atoms with Crippen LogP contribution in [-0.4, -0.2) is 53.2 Å². The van der Waals surface area contributed by atoms with Crippen molar-refractivity contribution < 1.29 is 23.8 Å².